The van der Waals surface area contributed by atoms with Gasteiger partial charge in [0.15, 0.2) is 6.61 Å². The molecule has 1 atom stereocenters. The van der Waals surface area contributed by atoms with E-state index in [2.05, 4.69) is 4.98 Å². The summed E-state index contributed by atoms with van der Waals surface area (Å²) in [5.74, 6) is -2.68. The monoisotopic (exact) mass is 493 g/mol. The fourth-order valence-electron chi connectivity index (χ4n) is 4.33. The number of nitrogens with one attached hydrogen (secondary N) is 1. The molecule has 5 nitrogen and oxygen atoms in total. The van der Waals surface area contributed by atoms with Gasteiger partial charge in [0.05, 0.1) is 11.6 Å². The third-order valence-electron chi connectivity index (χ3n) is 6.30. The molecule has 0 fully saturated rings. The van der Waals surface area contributed by atoms with Crippen molar-refractivity contribution in [3.63, 3.8) is 0 Å². The molecule has 0 aliphatic carbocycles. The Morgan fingerprint density at radius 2 is 1.78 bits per heavy atom. The van der Waals surface area contributed by atoms with Gasteiger partial charge in [0.25, 0.3) is 0 Å². The number of alkyl halides is 2. The number of phenols is 1. The lowest BCUT2D eigenvalue weighted by molar-refractivity contribution is -0.0468. The average Bonchev–Trinajstić information content (AvgIpc) is 2.87. The summed E-state index contributed by atoms with van der Waals surface area (Å²) in [6, 6.07) is 19.3. The van der Waals surface area contributed by atoms with Gasteiger partial charge >= 0.3 is 5.92 Å². The maximum Gasteiger partial charge on any atom is 0.306 e. The van der Waals surface area contributed by atoms with Gasteiger partial charge in [-0.1, -0.05) is 55.0 Å². The molecule has 1 unspecified atom stereocenters. The van der Waals surface area contributed by atoms with Crippen LogP contribution in [0, 0.1) is 6.92 Å². The number of aromatic nitrogens is 1. The third-order valence-corrected chi connectivity index (χ3v) is 6.30. The molecule has 3 aromatic carbocycles. The van der Waals surface area contributed by atoms with E-state index < -0.39 is 18.6 Å². The minimum absolute atomic E-state index is 0.0368. The molecular formula is C29H29F2NO4. The Morgan fingerprint density at radius 3 is 2.53 bits per heavy atom. The van der Waals surface area contributed by atoms with Gasteiger partial charge in [-0.15, -0.1) is 0 Å². The Bertz CT molecular complexity index is 1390. The van der Waals surface area contributed by atoms with Gasteiger partial charge in [0.1, 0.15) is 11.5 Å². The van der Waals surface area contributed by atoms with Gasteiger partial charge in [-0.25, -0.2) is 0 Å². The smallest absolute Gasteiger partial charge is 0.306 e. The van der Waals surface area contributed by atoms with Crippen molar-refractivity contribution >= 4 is 10.9 Å². The van der Waals surface area contributed by atoms with E-state index in [1.54, 1.807) is 36.4 Å². The number of ether oxygens (including phenoxy) is 1. The van der Waals surface area contributed by atoms with Gasteiger partial charge in [0.2, 0.25) is 5.56 Å². The molecule has 7 heteroatoms. The topological polar surface area (TPSA) is 82.5 Å². The summed E-state index contributed by atoms with van der Waals surface area (Å²) in [5, 5.41) is 21.3. The largest absolute Gasteiger partial charge is 0.506 e. The standard InChI is InChI=1S/C29H29F2NO4/c1-19-17-20(11-15-26(19)36-18-29(30,31)21-8-3-2-4-9-21)7-5-6-10-24(33)22-12-14-25(34)28-23(22)13-16-27(35)32-28/h2-4,8-9,11-17,24,33-34H,5-7,10,18H2,1H3,(H,32,35). The highest BCUT2D eigenvalue weighted by Gasteiger charge is 2.32. The van der Waals surface area contributed by atoms with E-state index in [9.17, 15) is 23.8 Å². The van der Waals surface area contributed by atoms with Crippen LogP contribution in [-0.4, -0.2) is 21.8 Å². The summed E-state index contributed by atoms with van der Waals surface area (Å²) >= 11 is 0. The second-order valence-corrected chi connectivity index (χ2v) is 9.01. The van der Waals surface area contributed by atoms with Crippen LogP contribution in [0.25, 0.3) is 10.9 Å². The second kappa shape index (κ2) is 10.9. The van der Waals surface area contributed by atoms with Crippen LogP contribution in [0.3, 0.4) is 0 Å². The zero-order valence-corrected chi connectivity index (χ0v) is 20.0. The predicted octanol–water partition coefficient (Wildman–Crippen LogP) is 6.16. The molecule has 4 rings (SSSR count). The van der Waals surface area contributed by atoms with Gasteiger partial charge in [0, 0.05) is 17.0 Å². The zero-order chi connectivity index (χ0) is 25.7. The first kappa shape index (κ1) is 25.4. The van der Waals surface area contributed by atoms with Crippen molar-refractivity contribution in [2.45, 2.75) is 44.6 Å². The molecule has 0 bridgehead atoms. The Kier molecular flexibility index (Phi) is 7.70. The minimum atomic E-state index is -3.08. The minimum Gasteiger partial charge on any atom is -0.506 e. The molecule has 0 saturated heterocycles. The van der Waals surface area contributed by atoms with E-state index in [1.165, 1.54) is 24.3 Å². The molecule has 0 radical (unpaired) electrons. The number of aromatic hydroxyl groups is 1. The number of H-pyrrole nitrogens is 1. The van der Waals surface area contributed by atoms with Gasteiger partial charge < -0.3 is 19.9 Å². The lowest BCUT2D eigenvalue weighted by Crippen LogP contribution is -2.23. The molecule has 0 amide bonds. The number of unbranched alkanes of at least 4 members (excludes halogenated alkanes) is 1. The number of aromatic amines is 1. The molecule has 0 spiro atoms. The van der Waals surface area contributed by atoms with E-state index in [-0.39, 0.29) is 16.9 Å². The second-order valence-electron chi connectivity index (χ2n) is 9.01. The van der Waals surface area contributed by atoms with Gasteiger partial charge in [-0.05, 0) is 61.1 Å². The van der Waals surface area contributed by atoms with Crippen molar-refractivity contribution in [1.29, 1.82) is 0 Å². The van der Waals surface area contributed by atoms with Crippen molar-refractivity contribution < 1.29 is 23.7 Å². The lowest BCUT2D eigenvalue weighted by atomic mass is 9.97. The molecule has 0 aliphatic heterocycles. The molecule has 3 N–H and O–H groups in total. The summed E-state index contributed by atoms with van der Waals surface area (Å²) in [6.45, 7) is 1.11. The van der Waals surface area contributed by atoms with Crippen LogP contribution < -0.4 is 10.3 Å². The van der Waals surface area contributed by atoms with Crippen molar-refractivity contribution in [1.82, 2.24) is 4.98 Å². The van der Waals surface area contributed by atoms with E-state index >= 15 is 0 Å². The van der Waals surface area contributed by atoms with Crippen molar-refractivity contribution in [3.8, 4) is 11.5 Å². The Labute approximate surface area is 208 Å². The Hall–Kier alpha value is -3.71. The normalized spacial score (nSPS) is 12.6. The molecule has 36 heavy (non-hydrogen) atoms. The highest BCUT2D eigenvalue weighted by atomic mass is 19.3. The molecule has 1 heterocycles. The van der Waals surface area contributed by atoms with Crippen LogP contribution >= 0.6 is 0 Å². The van der Waals surface area contributed by atoms with E-state index in [1.807, 2.05) is 19.1 Å². The molecule has 4 aromatic rings. The van der Waals surface area contributed by atoms with Crippen LogP contribution in [0.1, 0.15) is 47.6 Å². The van der Waals surface area contributed by atoms with Crippen molar-refractivity contribution in [2.75, 3.05) is 6.61 Å². The molecule has 1 aromatic heterocycles. The van der Waals surface area contributed by atoms with Crippen LogP contribution in [0.5, 0.6) is 11.5 Å². The summed E-state index contributed by atoms with van der Waals surface area (Å²) in [7, 11) is 0. The summed E-state index contributed by atoms with van der Waals surface area (Å²) in [6.07, 6.45) is 2.15. The summed E-state index contributed by atoms with van der Waals surface area (Å²) in [4.78, 5) is 14.2. The first-order valence-corrected chi connectivity index (χ1v) is 11.9. The lowest BCUT2D eigenvalue weighted by Gasteiger charge is -2.18. The first-order chi connectivity index (χ1) is 17.2. The number of fused-ring (bicyclic) bond motifs is 1. The van der Waals surface area contributed by atoms with Crippen LogP contribution in [0.4, 0.5) is 8.78 Å². The van der Waals surface area contributed by atoms with Gasteiger partial charge in [-0.2, -0.15) is 8.78 Å². The van der Waals surface area contributed by atoms with Crippen LogP contribution in [0.2, 0.25) is 0 Å². The number of phenolic OH excluding ortho intramolecular Hbond substituents is 1. The van der Waals surface area contributed by atoms with Crippen molar-refractivity contribution in [3.05, 3.63) is 105 Å². The van der Waals surface area contributed by atoms with E-state index in [4.69, 9.17) is 4.74 Å². The first-order valence-electron chi connectivity index (χ1n) is 11.9. The quantitative estimate of drug-likeness (QED) is 0.231. The molecule has 0 saturated carbocycles. The highest BCUT2D eigenvalue weighted by Crippen LogP contribution is 2.32. The highest BCUT2D eigenvalue weighted by molar-refractivity contribution is 5.87. The SMILES string of the molecule is Cc1cc(CCCCC(O)c2ccc(O)c3[nH]c(=O)ccc23)ccc1OCC(F)(F)c1ccccc1. The number of hydrogen-bond donors (Lipinski definition) is 3. The number of benzene rings is 3. The van der Waals surface area contributed by atoms with E-state index in [0.29, 0.717) is 28.6 Å². The number of rotatable bonds is 10. The third kappa shape index (κ3) is 5.91. The Morgan fingerprint density at radius 1 is 1.00 bits per heavy atom. The number of halogens is 2. The average molecular weight is 494 g/mol. The molecular weight excluding hydrogens is 464 g/mol. The fraction of sp³-hybridized carbons (Fsp3) is 0.276. The number of aliphatic hydroxyl groups excluding tert-OH is 1. The molecule has 188 valence electrons. The maximum atomic E-state index is 14.4. The number of pyridine rings is 1. The van der Waals surface area contributed by atoms with E-state index in [0.717, 1.165) is 30.4 Å². The number of hydrogen-bond acceptors (Lipinski definition) is 4. The zero-order valence-electron chi connectivity index (χ0n) is 20.0. The van der Waals surface area contributed by atoms with Crippen LogP contribution in [-0.2, 0) is 12.3 Å². The Balaban J connectivity index is 1.30. The summed E-state index contributed by atoms with van der Waals surface area (Å²) < 4.78 is 34.2. The summed E-state index contributed by atoms with van der Waals surface area (Å²) in [5.41, 5.74) is 2.44. The molecule has 0 aliphatic rings. The fourth-order valence-corrected chi connectivity index (χ4v) is 4.33. The van der Waals surface area contributed by atoms with Crippen LogP contribution in [0.15, 0.2) is 77.6 Å². The number of aliphatic hydroxyl groups is 1. The maximum absolute atomic E-state index is 14.4. The van der Waals surface area contributed by atoms with Gasteiger partial charge in [-0.3, -0.25) is 4.79 Å². The number of aryl methyl sites for hydroxylation is 2. The van der Waals surface area contributed by atoms with Crippen molar-refractivity contribution in [2.24, 2.45) is 0 Å². The predicted molar refractivity (Wildman–Crippen MR) is 136 cm³/mol.